The molecule has 2 N–H and O–H groups in total. The number of aryl methyl sites for hydroxylation is 1. The van der Waals surface area contributed by atoms with E-state index in [1.54, 1.807) is 48.1 Å². The summed E-state index contributed by atoms with van der Waals surface area (Å²) < 4.78 is 28.5. The fraction of sp³-hybridized carbons (Fsp3) is 0.308. The van der Waals surface area contributed by atoms with Crippen molar-refractivity contribution >= 4 is 44.7 Å². The van der Waals surface area contributed by atoms with Gasteiger partial charge in [0, 0.05) is 39.2 Å². The molecule has 0 radical (unpaired) electrons. The molecule has 0 bridgehead atoms. The number of aromatic nitrogens is 2. The average molecular weight is 523 g/mol. The second-order valence-corrected chi connectivity index (χ2v) is 11.5. The monoisotopic (exact) mass is 522 g/mol. The van der Waals surface area contributed by atoms with Gasteiger partial charge < -0.3 is 15.3 Å². The van der Waals surface area contributed by atoms with Crippen molar-refractivity contribution in [3.8, 4) is 0 Å². The van der Waals surface area contributed by atoms with E-state index in [1.807, 2.05) is 0 Å². The SMILES string of the molecule is CN1c2cc(C(CC3CCC(=O)C3)C(=O)Nc3ccn(C)n3)ccc2S(=O)(=O)c2cc(C(=O)O)ccc21. The summed E-state index contributed by atoms with van der Waals surface area (Å²) in [5.74, 6) is -1.49. The van der Waals surface area contributed by atoms with Crippen LogP contribution in [0.25, 0.3) is 0 Å². The van der Waals surface area contributed by atoms with E-state index in [2.05, 4.69) is 10.4 Å². The Morgan fingerprint density at radius 3 is 2.54 bits per heavy atom. The summed E-state index contributed by atoms with van der Waals surface area (Å²) in [5, 5.41) is 16.4. The first-order valence-electron chi connectivity index (χ1n) is 11.9. The van der Waals surface area contributed by atoms with Gasteiger partial charge in [-0.1, -0.05) is 6.07 Å². The quantitative estimate of drug-likeness (QED) is 0.501. The molecule has 2 aromatic carbocycles. The zero-order chi connectivity index (χ0) is 26.5. The van der Waals surface area contributed by atoms with Crippen LogP contribution in [0.4, 0.5) is 17.2 Å². The molecule has 0 spiro atoms. The van der Waals surface area contributed by atoms with Crippen LogP contribution in [0.2, 0.25) is 0 Å². The van der Waals surface area contributed by atoms with Crippen LogP contribution in [-0.4, -0.2) is 48.0 Å². The number of anilines is 3. The Morgan fingerprint density at radius 1 is 1.11 bits per heavy atom. The molecular formula is C26H26N4O6S. The van der Waals surface area contributed by atoms with Crippen molar-refractivity contribution in [2.24, 2.45) is 13.0 Å². The van der Waals surface area contributed by atoms with Crippen molar-refractivity contribution in [1.82, 2.24) is 9.78 Å². The summed E-state index contributed by atoms with van der Waals surface area (Å²) in [6, 6.07) is 10.5. The number of nitrogens with zero attached hydrogens (tertiary/aromatic N) is 3. The van der Waals surface area contributed by atoms with E-state index in [9.17, 15) is 27.9 Å². The van der Waals surface area contributed by atoms with Crippen LogP contribution >= 0.6 is 0 Å². The fourth-order valence-corrected chi connectivity index (χ4v) is 6.86. The number of sulfone groups is 1. The highest BCUT2D eigenvalue weighted by Crippen LogP contribution is 2.45. The second kappa shape index (κ2) is 9.15. The molecule has 3 aromatic rings. The Kier molecular flexibility index (Phi) is 6.10. The van der Waals surface area contributed by atoms with Gasteiger partial charge >= 0.3 is 5.97 Å². The maximum atomic E-state index is 13.4. The first-order valence-corrected chi connectivity index (χ1v) is 13.3. The fourth-order valence-electron chi connectivity index (χ4n) is 5.14. The lowest BCUT2D eigenvalue weighted by atomic mass is 9.87. The Labute approximate surface area is 213 Å². The molecule has 1 saturated carbocycles. The third-order valence-electron chi connectivity index (χ3n) is 7.09. The number of rotatable bonds is 6. The minimum atomic E-state index is -3.99. The number of hydrogen-bond acceptors (Lipinski definition) is 7. The zero-order valence-electron chi connectivity index (χ0n) is 20.3. The molecule has 1 aliphatic carbocycles. The molecule has 2 aliphatic rings. The average Bonchev–Trinajstić information content (AvgIpc) is 3.47. The minimum Gasteiger partial charge on any atom is -0.478 e. The van der Waals surface area contributed by atoms with Crippen LogP contribution in [0.5, 0.6) is 0 Å². The highest BCUT2D eigenvalue weighted by molar-refractivity contribution is 7.92. The van der Waals surface area contributed by atoms with Crippen LogP contribution in [0.3, 0.4) is 0 Å². The van der Waals surface area contributed by atoms with E-state index < -0.39 is 21.7 Å². The smallest absolute Gasteiger partial charge is 0.335 e. The summed E-state index contributed by atoms with van der Waals surface area (Å²) in [7, 11) is -0.544. The van der Waals surface area contributed by atoms with Gasteiger partial charge in [0.05, 0.1) is 32.6 Å². The van der Waals surface area contributed by atoms with Crippen LogP contribution in [0.15, 0.2) is 58.5 Å². The summed E-state index contributed by atoms with van der Waals surface area (Å²) in [4.78, 5) is 38.4. The van der Waals surface area contributed by atoms with Crippen LogP contribution < -0.4 is 10.2 Å². The number of nitrogens with one attached hydrogen (secondary N) is 1. The third-order valence-corrected chi connectivity index (χ3v) is 8.92. The zero-order valence-corrected chi connectivity index (χ0v) is 21.2. The van der Waals surface area contributed by atoms with Gasteiger partial charge in [0.15, 0.2) is 5.82 Å². The number of ketones is 1. The number of Topliss-reactive ketones (excluding diaryl/α,β-unsaturated/α-hetero) is 1. The molecule has 2 unspecified atom stereocenters. The predicted molar refractivity (Wildman–Crippen MR) is 135 cm³/mol. The number of benzene rings is 2. The molecule has 5 rings (SSSR count). The number of aromatic carboxylic acids is 1. The van der Waals surface area contributed by atoms with Gasteiger partial charge in [0.2, 0.25) is 15.7 Å². The van der Waals surface area contributed by atoms with Crippen molar-refractivity contribution < 1.29 is 27.9 Å². The van der Waals surface area contributed by atoms with Crippen LogP contribution in [0.1, 0.15) is 47.5 Å². The lowest BCUT2D eigenvalue weighted by Gasteiger charge is -2.31. The molecule has 2 heterocycles. The van der Waals surface area contributed by atoms with E-state index in [-0.39, 0.29) is 33.0 Å². The largest absolute Gasteiger partial charge is 0.478 e. The molecule has 0 saturated heterocycles. The molecule has 11 heteroatoms. The second-order valence-electron chi connectivity index (χ2n) is 9.58. The van der Waals surface area contributed by atoms with Crippen molar-refractivity contribution in [1.29, 1.82) is 0 Å². The molecule has 1 fully saturated rings. The molecule has 1 amide bonds. The van der Waals surface area contributed by atoms with Crippen molar-refractivity contribution in [2.75, 3.05) is 17.3 Å². The lowest BCUT2D eigenvalue weighted by Crippen LogP contribution is -2.26. The first-order chi connectivity index (χ1) is 17.5. The first kappa shape index (κ1) is 24.7. The topological polar surface area (TPSA) is 139 Å². The van der Waals surface area contributed by atoms with Gasteiger partial charge in [-0.3, -0.25) is 14.3 Å². The van der Waals surface area contributed by atoms with E-state index in [1.165, 1.54) is 24.3 Å². The van der Waals surface area contributed by atoms with Gasteiger partial charge in [-0.05, 0) is 54.7 Å². The highest BCUT2D eigenvalue weighted by atomic mass is 32.2. The number of carbonyl (C=O) groups excluding carboxylic acids is 2. The van der Waals surface area contributed by atoms with Crippen LogP contribution in [-0.2, 0) is 26.5 Å². The molecular weight excluding hydrogens is 496 g/mol. The predicted octanol–water partition coefficient (Wildman–Crippen LogP) is 3.51. The number of carbonyl (C=O) groups is 3. The lowest BCUT2D eigenvalue weighted by molar-refractivity contribution is -0.119. The Morgan fingerprint density at radius 2 is 1.89 bits per heavy atom. The van der Waals surface area contributed by atoms with Gasteiger partial charge in [-0.15, -0.1) is 0 Å². The van der Waals surface area contributed by atoms with E-state index in [4.69, 9.17) is 0 Å². The molecule has 37 heavy (non-hydrogen) atoms. The number of carboxylic acid groups (broad SMARTS) is 1. The number of hydrogen-bond donors (Lipinski definition) is 2. The van der Waals surface area contributed by atoms with E-state index in [0.717, 1.165) is 0 Å². The van der Waals surface area contributed by atoms with Gasteiger partial charge in [0.1, 0.15) is 5.78 Å². The Balaban J connectivity index is 1.54. The van der Waals surface area contributed by atoms with Crippen LogP contribution in [0, 0.1) is 5.92 Å². The summed E-state index contributed by atoms with van der Waals surface area (Å²) in [6.07, 6.45) is 3.79. The Bertz CT molecular complexity index is 1540. The van der Waals surface area contributed by atoms with Gasteiger partial charge in [0.25, 0.3) is 0 Å². The molecule has 1 aliphatic heterocycles. The summed E-state index contributed by atoms with van der Waals surface area (Å²) >= 11 is 0. The third kappa shape index (κ3) is 4.50. The molecule has 10 nitrogen and oxygen atoms in total. The van der Waals surface area contributed by atoms with Gasteiger partial charge in [-0.25, -0.2) is 13.2 Å². The van der Waals surface area contributed by atoms with E-state index >= 15 is 0 Å². The summed E-state index contributed by atoms with van der Waals surface area (Å²) in [6.45, 7) is 0. The maximum Gasteiger partial charge on any atom is 0.335 e. The van der Waals surface area contributed by atoms with Crippen molar-refractivity contribution in [2.45, 2.75) is 41.4 Å². The van der Waals surface area contributed by atoms with Crippen molar-refractivity contribution in [3.63, 3.8) is 0 Å². The maximum absolute atomic E-state index is 13.4. The number of amides is 1. The minimum absolute atomic E-state index is 0.0358. The normalized spacial score (nSPS) is 18.7. The molecule has 2 atom stereocenters. The summed E-state index contributed by atoms with van der Waals surface area (Å²) in [5.41, 5.74) is 1.25. The highest BCUT2D eigenvalue weighted by Gasteiger charge is 2.36. The standard InChI is InChI=1S/C26H26N4O6S/c1-29-10-9-24(28-29)27-25(32)19(12-15-3-6-18(31)11-15)16-5-8-22-21(13-16)30(2)20-7-4-17(26(33)34)14-23(20)37(22,35)36/h4-5,7-10,13-15,19H,3,6,11-12H2,1-2H3,(H,33,34)(H,27,28,32). The Hall–Kier alpha value is -3.99. The van der Waals surface area contributed by atoms with Crippen molar-refractivity contribution in [3.05, 3.63) is 59.8 Å². The van der Waals surface area contributed by atoms with Gasteiger partial charge in [-0.2, -0.15) is 5.10 Å². The molecule has 192 valence electrons. The number of fused-ring (bicyclic) bond motifs is 2. The number of carboxylic acids is 1. The molecule has 1 aromatic heterocycles. The van der Waals surface area contributed by atoms with E-state index in [0.29, 0.717) is 48.4 Å².